The number of aliphatic imine (C=N–C) groups is 1. The van der Waals surface area contributed by atoms with Gasteiger partial charge in [-0.15, -0.1) is 0 Å². The Kier molecular flexibility index (Phi) is 6.17. The van der Waals surface area contributed by atoms with Crippen LogP contribution in [-0.4, -0.2) is 5.71 Å². The summed E-state index contributed by atoms with van der Waals surface area (Å²) in [6.45, 7) is 6.45. The van der Waals surface area contributed by atoms with E-state index >= 15 is 0 Å². The number of hydrogen-bond acceptors (Lipinski definition) is 1. The molecule has 0 aliphatic heterocycles. The molecular formula is C27H21BrClN. The minimum atomic E-state index is 0.679. The highest BCUT2D eigenvalue weighted by Gasteiger charge is 2.14. The first-order chi connectivity index (χ1) is 14.5. The van der Waals surface area contributed by atoms with Crippen LogP contribution in [-0.2, 0) is 0 Å². The van der Waals surface area contributed by atoms with Crippen molar-refractivity contribution in [3.63, 3.8) is 0 Å². The highest BCUT2D eigenvalue weighted by Crippen LogP contribution is 2.38. The first-order valence-corrected chi connectivity index (χ1v) is 11.0. The number of benzene rings is 3. The van der Waals surface area contributed by atoms with Crippen LogP contribution in [0.15, 0.2) is 107 Å². The number of allylic oxidation sites excluding steroid dienone is 7. The van der Waals surface area contributed by atoms with Gasteiger partial charge >= 0.3 is 0 Å². The zero-order valence-corrected chi connectivity index (χ0v) is 19.0. The third-order valence-electron chi connectivity index (χ3n) is 5.17. The Hall–Kier alpha value is -2.68. The molecular weight excluding hydrogens is 454 g/mol. The van der Waals surface area contributed by atoms with E-state index in [4.69, 9.17) is 16.6 Å². The Balaban J connectivity index is 1.89. The van der Waals surface area contributed by atoms with E-state index in [0.717, 1.165) is 49.8 Å². The standard InChI is InChI=1S/C27H21BrClN/c1-18(20-9-5-3-4-6-10-20)25-14-13-21-11-7-8-12-26(21)27(25)30-19(2)22-15-23(28)17-24(29)16-22/h3-9,11-17H,1,10H2,2H3. The molecule has 0 atom stereocenters. The third kappa shape index (κ3) is 4.40. The van der Waals surface area contributed by atoms with Crippen LogP contribution in [0.3, 0.4) is 0 Å². The van der Waals surface area contributed by atoms with Crippen LogP contribution in [0.1, 0.15) is 24.5 Å². The molecule has 0 fully saturated rings. The summed E-state index contributed by atoms with van der Waals surface area (Å²) in [5, 5.41) is 2.94. The van der Waals surface area contributed by atoms with Crippen molar-refractivity contribution in [1.29, 1.82) is 0 Å². The lowest BCUT2D eigenvalue weighted by Gasteiger charge is -2.15. The maximum absolute atomic E-state index is 6.27. The van der Waals surface area contributed by atoms with Crippen molar-refractivity contribution in [2.24, 2.45) is 4.99 Å². The summed E-state index contributed by atoms with van der Waals surface area (Å²) >= 11 is 9.80. The van der Waals surface area contributed by atoms with Gasteiger partial charge in [-0.05, 0) is 53.6 Å². The van der Waals surface area contributed by atoms with Gasteiger partial charge in [0, 0.05) is 26.2 Å². The minimum absolute atomic E-state index is 0.679. The zero-order valence-electron chi connectivity index (χ0n) is 16.7. The molecule has 0 radical (unpaired) electrons. The Morgan fingerprint density at radius 1 is 1.03 bits per heavy atom. The van der Waals surface area contributed by atoms with E-state index in [1.165, 1.54) is 5.57 Å². The molecule has 0 aromatic heterocycles. The first-order valence-electron chi connectivity index (χ1n) is 9.78. The van der Waals surface area contributed by atoms with Gasteiger partial charge in [-0.25, -0.2) is 0 Å². The summed E-state index contributed by atoms with van der Waals surface area (Å²) in [5.41, 5.74) is 6.05. The minimum Gasteiger partial charge on any atom is -0.252 e. The summed E-state index contributed by atoms with van der Waals surface area (Å²) in [6, 6.07) is 18.5. The number of nitrogens with zero attached hydrogens (tertiary/aromatic N) is 1. The molecule has 1 aliphatic carbocycles. The van der Waals surface area contributed by atoms with E-state index in [-0.39, 0.29) is 0 Å². The number of fused-ring (bicyclic) bond motifs is 1. The predicted molar refractivity (Wildman–Crippen MR) is 135 cm³/mol. The second kappa shape index (κ2) is 8.99. The van der Waals surface area contributed by atoms with Crippen LogP contribution in [0, 0.1) is 0 Å². The zero-order chi connectivity index (χ0) is 21.1. The fraction of sp³-hybridized carbons (Fsp3) is 0.0741. The lowest BCUT2D eigenvalue weighted by molar-refractivity contribution is 1.30. The van der Waals surface area contributed by atoms with Crippen LogP contribution < -0.4 is 0 Å². The molecule has 0 bridgehead atoms. The smallest absolute Gasteiger partial charge is 0.0789 e. The molecule has 1 nitrogen and oxygen atoms in total. The summed E-state index contributed by atoms with van der Waals surface area (Å²) in [4.78, 5) is 5.09. The van der Waals surface area contributed by atoms with Crippen molar-refractivity contribution in [3.8, 4) is 0 Å². The van der Waals surface area contributed by atoms with Gasteiger partial charge < -0.3 is 0 Å². The quantitative estimate of drug-likeness (QED) is 0.335. The Labute approximate surface area is 190 Å². The van der Waals surface area contributed by atoms with Gasteiger partial charge in [0.05, 0.1) is 5.69 Å². The van der Waals surface area contributed by atoms with E-state index in [1.807, 2.05) is 31.2 Å². The molecule has 4 rings (SSSR count). The van der Waals surface area contributed by atoms with Gasteiger partial charge in [0.2, 0.25) is 0 Å². The summed E-state index contributed by atoms with van der Waals surface area (Å²) < 4.78 is 0.935. The molecule has 3 aromatic carbocycles. The van der Waals surface area contributed by atoms with E-state index in [9.17, 15) is 0 Å². The molecule has 0 saturated heterocycles. The van der Waals surface area contributed by atoms with Gasteiger partial charge in [0.15, 0.2) is 0 Å². The van der Waals surface area contributed by atoms with E-state index < -0.39 is 0 Å². The normalized spacial score (nSPS) is 14.0. The first kappa shape index (κ1) is 20.6. The fourth-order valence-electron chi connectivity index (χ4n) is 3.59. The SMILES string of the molecule is C=C(C1=CC=CC=CC1)c1ccc2ccccc2c1N=C(C)c1cc(Cl)cc(Br)c1. The molecule has 3 aromatic rings. The van der Waals surface area contributed by atoms with Gasteiger partial charge in [-0.1, -0.05) is 101 Å². The molecule has 0 unspecified atom stereocenters. The highest BCUT2D eigenvalue weighted by molar-refractivity contribution is 9.10. The second-order valence-electron chi connectivity index (χ2n) is 7.23. The van der Waals surface area contributed by atoms with Crippen molar-refractivity contribution in [1.82, 2.24) is 0 Å². The van der Waals surface area contributed by atoms with Crippen LogP contribution in [0.5, 0.6) is 0 Å². The number of halogens is 2. The van der Waals surface area contributed by atoms with Crippen LogP contribution >= 0.6 is 27.5 Å². The van der Waals surface area contributed by atoms with Crippen LogP contribution in [0.2, 0.25) is 5.02 Å². The van der Waals surface area contributed by atoms with Gasteiger partial charge in [0.1, 0.15) is 0 Å². The number of rotatable bonds is 4. The molecule has 3 heteroatoms. The molecule has 0 N–H and O–H groups in total. The molecule has 0 saturated carbocycles. The van der Waals surface area contributed by atoms with E-state index in [2.05, 4.69) is 83.2 Å². The molecule has 1 aliphatic rings. The molecule has 0 amide bonds. The van der Waals surface area contributed by atoms with Crippen molar-refractivity contribution in [2.45, 2.75) is 13.3 Å². The largest absolute Gasteiger partial charge is 0.252 e. The van der Waals surface area contributed by atoms with Gasteiger partial charge in [-0.3, -0.25) is 4.99 Å². The molecule has 148 valence electrons. The van der Waals surface area contributed by atoms with Crippen LogP contribution in [0.25, 0.3) is 16.3 Å². The van der Waals surface area contributed by atoms with Gasteiger partial charge in [0.25, 0.3) is 0 Å². The molecule has 0 heterocycles. The summed E-state index contributed by atoms with van der Waals surface area (Å²) in [5.74, 6) is 0. The average Bonchev–Trinajstić information content (AvgIpc) is 3.02. The molecule has 30 heavy (non-hydrogen) atoms. The average molecular weight is 475 g/mol. The van der Waals surface area contributed by atoms with Crippen molar-refractivity contribution in [3.05, 3.63) is 118 Å². The maximum atomic E-state index is 6.27. The second-order valence-corrected chi connectivity index (χ2v) is 8.58. The topological polar surface area (TPSA) is 12.4 Å². The van der Waals surface area contributed by atoms with Gasteiger partial charge in [-0.2, -0.15) is 0 Å². The lowest BCUT2D eigenvalue weighted by atomic mass is 9.93. The Morgan fingerprint density at radius 3 is 2.70 bits per heavy atom. The van der Waals surface area contributed by atoms with E-state index in [1.54, 1.807) is 0 Å². The predicted octanol–water partition coefficient (Wildman–Crippen LogP) is 8.85. The Morgan fingerprint density at radius 2 is 1.87 bits per heavy atom. The summed E-state index contributed by atoms with van der Waals surface area (Å²) in [6.07, 6.45) is 11.3. The monoisotopic (exact) mass is 473 g/mol. The fourth-order valence-corrected chi connectivity index (χ4v) is 4.45. The highest BCUT2D eigenvalue weighted by atomic mass is 79.9. The lowest BCUT2D eigenvalue weighted by Crippen LogP contribution is -1.96. The third-order valence-corrected chi connectivity index (χ3v) is 5.84. The summed E-state index contributed by atoms with van der Waals surface area (Å²) in [7, 11) is 0. The maximum Gasteiger partial charge on any atom is 0.0789 e. The molecule has 0 spiro atoms. The Bertz CT molecular complexity index is 1240. The van der Waals surface area contributed by atoms with Crippen molar-refractivity contribution in [2.75, 3.05) is 0 Å². The van der Waals surface area contributed by atoms with Crippen molar-refractivity contribution >= 4 is 55.3 Å². The van der Waals surface area contributed by atoms with Crippen LogP contribution in [0.4, 0.5) is 5.69 Å². The van der Waals surface area contributed by atoms with Crippen molar-refractivity contribution < 1.29 is 0 Å². The van der Waals surface area contributed by atoms with E-state index in [0.29, 0.717) is 5.02 Å². The number of hydrogen-bond donors (Lipinski definition) is 0.